The largest absolute Gasteiger partial charge is 0.464 e. The van der Waals surface area contributed by atoms with E-state index in [1.807, 2.05) is 12.1 Å². The molecule has 11 nitrogen and oxygen atoms in total. The number of fused-ring (bicyclic) bond motifs is 1. The maximum Gasteiger partial charge on any atom is 0.336 e. The maximum absolute atomic E-state index is 14.3. The fourth-order valence-corrected chi connectivity index (χ4v) is 7.77. The number of carbonyl (C=O) groups is 4. The van der Waals surface area contributed by atoms with Gasteiger partial charge in [0.25, 0.3) is 0 Å². The zero-order valence-electron chi connectivity index (χ0n) is 26.4. The molecule has 0 spiro atoms. The summed E-state index contributed by atoms with van der Waals surface area (Å²) in [5.41, 5.74) is -1.92. The van der Waals surface area contributed by atoms with E-state index >= 15 is 0 Å². The average molecular weight is 623 g/mol. The number of nitrogens with one attached hydrogen (secondary N) is 1. The van der Waals surface area contributed by atoms with Crippen molar-refractivity contribution < 1.29 is 43.0 Å². The molecule has 1 fully saturated rings. The highest BCUT2D eigenvalue weighted by Crippen LogP contribution is 2.66. The molecule has 43 heavy (non-hydrogen) atoms. The van der Waals surface area contributed by atoms with Crippen molar-refractivity contribution in [3.05, 3.63) is 29.8 Å². The van der Waals surface area contributed by atoms with Crippen LogP contribution in [-0.2, 0) is 39.6 Å². The van der Waals surface area contributed by atoms with Crippen LogP contribution in [0.5, 0.6) is 0 Å². The molecule has 0 aromatic heterocycles. The number of para-hydroxylation sites is 1. The zero-order chi connectivity index (χ0) is 32.4. The Balaban J connectivity index is 1.99. The Hall–Kier alpha value is -2.75. The van der Waals surface area contributed by atoms with Crippen LogP contribution in [0.25, 0.3) is 0 Å². The topological polar surface area (TPSA) is 160 Å². The second-order valence-corrected chi connectivity index (χ2v) is 15.7. The summed E-state index contributed by atoms with van der Waals surface area (Å²) >= 11 is 0. The molecule has 1 aromatic carbocycles. The van der Waals surface area contributed by atoms with Crippen LogP contribution < -0.4 is 10.2 Å². The van der Waals surface area contributed by atoms with Crippen molar-refractivity contribution >= 4 is 37.0 Å². The van der Waals surface area contributed by atoms with Crippen LogP contribution in [0.2, 0.25) is 0 Å². The third-order valence-corrected chi connectivity index (χ3v) is 10.5. The molecular formula is C31H47N2O9P. The molecule has 240 valence electrons. The van der Waals surface area contributed by atoms with Gasteiger partial charge < -0.3 is 24.6 Å². The smallest absolute Gasteiger partial charge is 0.336 e. The van der Waals surface area contributed by atoms with Crippen molar-refractivity contribution in [1.82, 2.24) is 5.32 Å². The number of benzene rings is 1. The molecule has 2 atom stereocenters. The van der Waals surface area contributed by atoms with Crippen LogP contribution in [-0.4, -0.2) is 63.5 Å². The SMILES string of the molecule is CCC(COC(=O)C(C)(C)C)(C1(C(=O)N[C@H]2CCc3ccccc3N(CC(=O)OC(C)(C)C)C2=O)CCCC1)P(=O)(O)O. The van der Waals surface area contributed by atoms with Gasteiger partial charge in [0, 0.05) is 5.69 Å². The second kappa shape index (κ2) is 12.7. The van der Waals surface area contributed by atoms with Gasteiger partial charge in [-0.15, -0.1) is 0 Å². The lowest BCUT2D eigenvalue weighted by atomic mass is 9.70. The van der Waals surface area contributed by atoms with E-state index < -0.39 is 65.6 Å². The van der Waals surface area contributed by atoms with Gasteiger partial charge in [-0.05, 0) is 85.3 Å². The number of rotatable bonds is 9. The van der Waals surface area contributed by atoms with Crippen molar-refractivity contribution in [2.45, 2.75) is 110 Å². The molecule has 12 heteroatoms. The van der Waals surface area contributed by atoms with Crippen LogP contribution >= 0.6 is 7.60 Å². The minimum absolute atomic E-state index is 0.128. The van der Waals surface area contributed by atoms with Gasteiger partial charge in [-0.3, -0.25) is 28.6 Å². The fraction of sp³-hybridized carbons (Fsp3) is 0.677. The van der Waals surface area contributed by atoms with E-state index in [0.29, 0.717) is 24.9 Å². The first-order chi connectivity index (χ1) is 19.8. The summed E-state index contributed by atoms with van der Waals surface area (Å²) in [6.07, 6.45) is 1.91. The molecular weight excluding hydrogens is 575 g/mol. The minimum Gasteiger partial charge on any atom is -0.464 e. The average Bonchev–Trinajstić information content (AvgIpc) is 3.35. The van der Waals surface area contributed by atoms with Crippen LogP contribution in [0, 0.1) is 10.8 Å². The number of hydrogen-bond donors (Lipinski definition) is 3. The quantitative estimate of drug-likeness (QED) is 0.270. The van der Waals surface area contributed by atoms with Gasteiger partial charge in [0.15, 0.2) is 0 Å². The summed E-state index contributed by atoms with van der Waals surface area (Å²) < 4.78 is 24.3. The van der Waals surface area contributed by atoms with E-state index in [-0.39, 0.29) is 32.2 Å². The lowest BCUT2D eigenvalue weighted by Crippen LogP contribution is -2.61. The first-order valence-electron chi connectivity index (χ1n) is 14.9. The van der Waals surface area contributed by atoms with Gasteiger partial charge >= 0.3 is 19.5 Å². The van der Waals surface area contributed by atoms with Gasteiger partial charge in [-0.2, -0.15) is 0 Å². The Morgan fingerprint density at radius 1 is 1.07 bits per heavy atom. The van der Waals surface area contributed by atoms with Crippen molar-refractivity contribution in [1.29, 1.82) is 0 Å². The summed E-state index contributed by atoms with van der Waals surface area (Å²) in [7, 11) is -5.05. The number of aryl methyl sites for hydroxylation is 1. The summed E-state index contributed by atoms with van der Waals surface area (Å²) in [6.45, 7) is 10.7. The van der Waals surface area contributed by atoms with Crippen LogP contribution in [0.4, 0.5) is 5.69 Å². The predicted octanol–water partition coefficient (Wildman–Crippen LogP) is 4.27. The van der Waals surface area contributed by atoms with Crippen LogP contribution in [0.15, 0.2) is 24.3 Å². The molecule has 3 N–H and O–H groups in total. The number of amides is 2. The molecule has 1 unspecified atom stereocenters. The molecule has 3 rings (SSSR count). The van der Waals surface area contributed by atoms with E-state index in [2.05, 4.69) is 5.32 Å². The highest BCUT2D eigenvalue weighted by atomic mass is 31.2. The molecule has 2 aliphatic rings. The molecule has 0 saturated heterocycles. The van der Waals surface area contributed by atoms with Crippen LogP contribution in [0.3, 0.4) is 0 Å². The highest BCUT2D eigenvalue weighted by molar-refractivity contribution is 7.53. The molecule has 0 bridgehead atoms. The Labute approximate surface area is 254 Å². The predicted molar refractivity (Wildman–Crippen MR) is 161 cm³/mol. The number of anilines is 1. The lowest BCUT2D eigenvalue weighted by molar-refractivity contribution is -0.157. The number of nitrogens with zero attached hydrogens (tertiary/aromatic N) is 1. The summed E-state index contributed by atoms with van der Waals surface area (Å²) in [5.74, 6) is -2.43. The van der Waals surface area contributed by atoms with E-state index in [0.717, 1.165) is 5.56 Å². The number of carbonyl (C=O) groups excluding carboxylic acids is 4. The zero-order valence-corrected chi connectivity index (χ0v) is 27.3. The van der Waals surface area contributed by atoms with E-state index in [4.69, 9.17) is 9.47 Å². The molecule has 1 saturated carbocycles. The van der Waals surface area contributed by atoms with Crippen molar-refractivity contribution in [3.8, 4) is 0 Å². The van der Waals surface area contributed by atoms with E-state index in [9.17, 15) is 33.5 Å². The Morgan fingerprint density at radius 2 is 1.67 bits per heavy atom. The van der Waals surface area contributed by atoms with Gasteiger partial charge in [0.2, 0.25) is 11.8 Å². The van der Waals surface area contributed by atoms with E-state index in [1.54, 1.807) is 60.6 Å². The summed E-state index contributed by atoms with van der Waals surface area (Å²) in [6, 6.07) is 6.11. The summed E-state index contributed by atoms with van der Waals surface area (Å²) in [4.78, 5) is 76.7. The molecule has 2 amide bonds. The Bertz CT molecular complexity index is 1270. The van der Waals surface area contributed by atoms with Gasteiger partial charge in [0.1, 0.15) is 30.0 Å². The standard InChI is InChI=1S/C31H47N2O9P/c1-8-31(43(38,39)40,20-41-27(37)28(2,3)4)30(17-11-12-18-30)26(36)32-22-16-15-21-13-9-10-14-23(21)33(25(22)35)19-24(34)42-29(5,6)7/h9-10,13-14,22H,8,11-12,15-20H2,1-7H3,(H,32,36)(H2,38,39,40)/t22-,31?/m0/s1. The Morgan fingerprint density at radius 3 is 2.21 bits per heavy atom. The molecule has 1 aromatic rings. The number of esters is 2. The van der Waals surface area contributed by atoms with Crippen LogP contribution in [0.1, 0.15) is 92.6 Å². The monoisotopic (exact) mass is 622 g/mol. The third-order valence-electron chi connectivity index (χ3n) is 8.54. The van der Waals surface area contributed by atoms with Gasteiger partial charge in [0.05, 0.1) is 10.8 Å². The van der Waals surface area contributed by atoms with E-state index in [1.165, 1.54) is 4.90 Å². The van der Waals surface area contributed by atoms with Crippen molar-refractivity contribution in [2.24, 2.45) is 10.8 Å². The second-order valence-electron chi connectivity index (χ2n) is 13.7. The summed E-state index contributed by atoms with van der Waals surface area (Å²) in [5, 5.41) is 0.850. The Kier molecular flexibility index (Phi) is 10.3. The van der Waals surface area contributed by atoms with Crippen molar-refractivity contribution in [2.75, 3.05) is 18.1 Å². The normalized spacial score (nSPS) is 20.4. The molecule has 0 radical (unpaired) electrons. The minimum atomic E-state index is -5.05. The third kappa shape index (κ3) is 7.32. The molecule has 1 aliphatic carbocycles. The maximum atomic E-state index is 14.3. The highest BCUT2D eigenvalue weighted by Gasteiger charge is 2.66. The fourth-order valence-electron chi connectivity index (χ4n) is 6.24. The molecule has 1 aliphatic heterocycles. The lowest BCUT2D eigenvalue weighted by Gasteiger charge is -2.47. The first-order valence-corrected chi connectivity index (χ1v) is 16.5. The van der Waals surface area contributed by atoms with Gasteiger partial charge in [-0.1, -0.05) is 38.0 Å². The number of hydrogen-bond acceptors (Lipinski definition) is 7. The first kappa shape index (κ1) is 34.7. The number of ether oxygens (including phenoxy) is 2. The van der Waals surface area contributed by atoms with Crippen molar-refractivity contribution in [3.63, 3.8) is 0 Å². The molecule has 1 heterocycles. The van der Waals surface area contributed by atoms with Gasteiger partial charge in [-0.25, -0.2) is 0 Å².